The summed E-state index contributed by atoms with van der Waals surface area (Å²) < 4.78 is 14.7. The molecule has 0 bridgehead atoms. The van der Waals surface area contributed by atoms with E-state index in [2.05, 4.69) is 10.1 Å². The van der Waals surface area contributed by atoms with Gasteiger partial charge in [-0.25, -0.2) is 4.79 Å². The van der Waals surface area contributed by atoms with E-state index < -0.39 is 22.5 Å². The number of benzene rings is 1. The van der Waals surface area contributed by atoms with Crippen molar-refractivity contribution in [1.82, 2.24) is 0 Å². The highest BCUT2D eigenvalue weighted by Crippen LogP contribution is 2.35. The number of hydrogen-bond donors (Lipinski definition) is 1. The van der Waals surface area contributed by atoms with Crippen LogP contribution in [-0.4, -0.2) is 38.1 Å². The summed E-state index contributed by atoms with van der Waals surface area (Å²) >= 11 is 1.09. The predicted molar refractivity (Wildman–Crippen MR) is 89.8 cm³/mol. The second-order valence-corrected chi connectivity index (χ2v) is 5.51. The standard InChI is InChI=1S/C15H14N2O7S/c1-22-11-6-9(10(17(20)21)7-12(11)23-2)13(18)16-14-8(4-5-25-14)15(19)24-3/h4-7H,1-3H3,(H,16,18). The molecule has 2 rings (SSSR count). The Hall–Kier alpha value is -3.14. The average Bonchev–Trinajstić information content (AvgIpc) is 3.07. The van der Waals surface area contributed by atoms with Crippen molar-refractivity contribution in [1.29, 1.82) is 0 Å². The van der Waals surface area contributed by atoms with E-state index in [1.54, 1.807) is 5.38 Å². The first kappa shape index (κ1) is 18.2. The number of methoxy groups -OCH3 is 3. The van der Waals surface area contributed by atoms with Gasteiger partial charge in [-0.05, 0) is 11.4 Å². The minimum Gasteiger partial charge on any atom is -0.493 e. The van der Waals surface area contributed by atoms with Crippen molar-refractivity contribution >= 4 is 33.9 Å². The third-order valence-electron chi connectivity index (χ3n) is 3.24. The highest BCUT2D eigenvalue weighted by Gasteiger charge is 2.26. The zero-order valence-corrected chi connectivity index (χ0v) is 14.3. The van der Waals surface area contributed by atoms with Crippen LogP contribution in [0.3, 0.4) is 0 Å². The molecule has 1 amide bonds. The van der Waals surface area contributed by atoms with Crippen LogP contribution < -0.4 is 14.8 Å². The van der Waals surface area contributed by atoms with Crippen LogP contribution in [0.5, 0.6) is 11.5 Å². The van der Waals surface area contributed by atoms with Gasteiger partial charge in [-0.15, -0.1) is 11.3 Å². The van der Waals surface area contributed by atoms with Crippen LogP contribution in [0.1, 0.15) is 20.7 Å². The van der Waals surface area contributed by atoms with E-state index in [9.17, 15) is 19.7 Å². The van der Waals surface area contributed by atoms with Crippen LogP contribution >= 0.6 is 11.3 Å². The molecule has 1 heterocycles. The fourth-order valence-electron chi connectivity index (χ4n) is 2.05. The summed E-state index contributed by atoms with van der Waals surface area (Å²) in [4.78, 5) is 34.7. The molecule has 0 saturated heterocycles. The van der Waals surface area contributed by atoms with Crippen molar-refractivity contribution in [2.24, 2.45) is 0 Å². The van der Waals surface area contributed by atoms with Gasteiger partial charge in [-0.3, -0.25) is 14.9 Å². The summed E-state index contributed by atoms with van der Waals surface area (Å²) in [7, 11) is 3.89. The number of ether oxygens (including phenoxy) is 3. The second-order valence-electron chi connectivity index (χ2n) is 4.59. The van der Waals surface area contributed by atoms with E-state index in [1.807, 2.05) is 0 Å². The van der Waals surface area contributed by atoms with Crippen LogP contribution in [0, 0.1) is 10.1 Å². The van der Waals surface area contributed by atoms with Crippen molar-refractivity contribution < 1.29 is 28.7 Å². The molecule has 0 aliphatic heterocycles. The maximum Gasteiger partial charge on any atom is 0.340 e. The lowest BCUT2D eigenvalue weighted by molar-refractivity contribution is -0.385. The molecule has 2 aromatic rings. The number of amides is 1. The van der Waals surface area contributed by atoms with E-state index in [4.69, 9.17) is 9.47 Å². The van der Waals surface area contributed by atoms with Crippen molar-refractivity contribution in [3.63, 3.8) is 0 Å². The van der Waals surface area contributed by atoms with Gasteiger partial charge in [-0.2, -0.15) is 0 Å². The Labute approximate surface area is 146 Å². The number of esters is 1. The molecule has 1 aromatic carbocycles. The van der Waals surface area contributed by atoms with Crippen LogP contribution in [0.25, 0.3) is 0 Å². The smallest absolute Gasteiger partial charge is 0.340 e. The van der Waals surface area contributed by atoms with Crippen LogP contribution in [0.2, 0.25) is 0 Å². The lowest BCUT2D eigenvalue weighted by Gasteiger charge is -2.11. The molecule has 1 N–H and O–H groups in total. The summed E-state index contributed by atoms with van der Waals surface area (Å²) in [5, 5.41) is 15.6. The first-order valence-electron chi connectivity index (χ1n) is 6.80. The number of carbonyl (C=O) groups excluding carboxylic acids is 2. The molecule has 0 saturated carbocycles. The predicted octanol–water partition coefficient (Wildman–Crippen LogP) is 2.71. The number of rotatable bonds is 6. The summed E-state index contributed by atoms with van der Waals surface area (Å²) in [5.74, 6) is -1.10. The maximum absolute atomic E-state index is 12.5. The SMILES string of the molecule is COC(=O)c1ccsc1NC(=O)c1cc(OC)c(OC)cc1[N+](=O)[O-]. The van der Waals surface area contributed by atoms with Gasteiger partial charge in [-0.1, -0.05) is 0 Å². The van der Waals surface area contributed by atoms with Gasteiger partial charge in [0.25, 0.3) is 11.6 Å². The molecular formula is C15H14N2O7S. The highest BCUT2D eigenvalue weighted by molar-refractivity contribution is 7.14. The zero-order valence-electron chi connectivity index (χ0n) is 13.5. The Balaban J connectivity index is 2.44. The molecule has 0 fully saturated rings. The van der Waals surface area contributed by atoms with E-state index in [-0.39, 0.29) is 27.6 Å². The van der Waals surface area contributed by atoms with Gasteiger partial charge in [0, 0.05) is 6.07 Å². The molecule has 0 unspecified atom stereocenters. The number of anilines is 1. The van der Waals surface area contributed by atoms with Crippen molar-refractivity contribution in [3.05, 3.63) is 44.8 Å². The van der Waals surface area contributed by atoms with Gasteiger partial charge < -0.3 is 19.5 Å². The molecular weight excluding hydrogens is 352 g/mol. The topological polar surface area (TPSA) is 117 Å². The normalized spacial score (nSPS) is 10.0. The van der Waals surface area contributed by atoms with Gasteiger partial charge in [0.15, 0.2) is 11.5 Å². The molecule has 25 heavy (non-hydrogen) atoms. The monoisotopic (exact) mass is 366 g/mol. The van der Waals surface area contributed by atoms with Gasteiger partial charge >= 0.3 is 5.97 Å². The largest absolute Gasteiger partial charge is 0.493 e. The number of carbonyl (C=O) groups is 2. The van der Waals surface area contributed by atoms with Crippen LogP contribution in [0.15, 0.2) is 23.6 Å². The number of nitrogens with one attached hydrogen (secondary N) is 1. The molecule has 1 aromatic heterocycles. The first-order valence-corrected chi connectivity index (χ1v) is 7.68. The first-order chi connectivity index (χ1) is 11.9. The minimum atomic E-state index is -0.764. The Bertz CT molecular complexity index is 831. The number of nitro benzene ring substituents is 1. The molecule has 10 heteroatoms. The molecule has 0 radical (unpaired) electrons. The second kappa shape index (κ2) is 7.62. The lowest BCUT2D eigenvalue weighted by atomic mass is 10.1. The van der Waals surface area contributed by atoms with Crippen molar-refractivity contribution in [2.75, 3.05) is 26.6 Å². The Morgan fingerprint density at radius 1 is 1.12 bits per heavy atom. The van der Waals surface area contributed by atoms with Crippen molar-refractivity contribution in [2.45, 2.75) is 0 Å². The summed E-state index contributed by atoms with van der Waals surface area (Å²) in [5.41, 5.74) is -0.526. The third kappa shape index (κ3) is 3.69. The van der Waals surface area contributed by atoms with E-state index in [1.165, 1.54) is 33.5 Å². The summed E-state index contributed by atoms with van der Waals surface area (Å²) in [6.07, 6.45) is 0. The Kier molecular flexibility index (Phi) is 5.55. The average molecular weight is 366 g/mol. The number of hydrogen-bond acceptors (Lipinski definition) is 8. The molecule has 0 atom stereocenters. The van der Waals surface area contributed by atoms with E-state index >= 15 is 0 Å². The summed E-state index contributed by atoms with van der Waals surface area (Å²) in [6, 6.07) is 3.79. The summed E-state index contributed by atoms with van der Waals surface area (Å²) in [6.45, 7) is 0. The Morgan fingerprint density at radius 2 is 1.76 bits per heavy atom. The lowest BCUT2D eigenvalue weighted by Crippen LogP contribution is -2.15. The molecule has 0 spiro atoms. The number of nitro groups is 1. The fourth-order valence-corrected chi connectivity index (χ4v) is 2.82. The molecule has 132 valence electrons. The Morgan fingerprint density at radius 3 is 2.32 bits per heavy atom. The maximum atomic E-state index is 12.5. The molecule has 9 nitrogen and oxygen atoms in total. The third-order valence-corrected chi connectivity index (χ3v) is 4.07. The fraction of sp³-hybridized carbons (Fsp3) is 0.200. The van der Waals surface area contributed by atoms with Gasteiger partial charge in [0.1, 0.15) is 10.6 Å². The van der Waals surface area contributed by atoms with E-state index in [0.29, 0.717) is 0 Å². The highest BCUT2D eigenvalue weighted by atomic mass is 32.1. The van der Waals surface area contributed by atoms with Crippen LogP contribution in [-0.2, 0) is 4.74 Å². The zero-order chi connectivity index (χ0) is 18.6. The van der Waals surface area contributed by atoms with Gasteiger partial charge in [0.2, 0.25) is 0 Å². The van der Waals surface area contributed by atoms with Gasteiger partial charge in [0.05, 0.1) is 37.9 Å². The van der Waals surface area contributed by atoms with Crippen LogP contribution in [0.4, 0.5) is 10.7 Å². The van der Waals surface area contributed by atoms with E-state index in [0.717, 1.165) is 17.4 Å². The number of thiophene rings is 1. The number of nitrogens with zero attached hydrogens (tertiary/aromatic N) is 1. The minimum absolute atomic E-state index is 0.122. The quantitative estimate of drug-likeness (QED) is 0.474. The van der Waals surface area contributed by atoms with Crippen molar-refractivity contribution in [3.8, 4) is 11.5 Å². The molecule has 0 aliphatic rings. The molecule has 0 aliphatic carbocycles.